The van der Waals surface area contributed by atoms with Crippen LogP contribution < -0.4 is 19.9 Å². The molecule has 0 atom stereocenters. The zero-order valence-electron chi connectivity index (χ0n) is 11.2. The van der Waals surface area contributed by atoms with E-state index in [4.69, 9.17) is 15.2 Å². The summed E-state index contributed by atoms with van der Waals surface area (Å²) in [5.41, 5.74) is 5.28. The molecular weight excluding hydrogens is 348 g/mol. The Morgan fingerprint density at radius 1 is 1.25 bits per heavy atom. The van der Waals surface area contributed by atoms with Crippen LogP contribution in [0.1, 0.15) is 0 Å². The van der Waals surface area contributed by atoms with Gasteiger partial charge in [-0.1, -0.05) is 12.2 Å². The molecule has 0 aliphatic heterocycles. The van der Waals surface area contributed by atoms with Crippen molar-refractivity contribution < 1.29 is 17.9 Å². The monoisotopic (exact) mass is 364 g/mol. The number of ether oxygens (including phenoxy) is 2. The van der Waals surface area contributed by atoms with Crippen molar-refractivity contribution in [1.82, 2.24) is 4.72 Å². The molecule has 3 N–H and O–H groups in total. The third-order valence-electron chi connectivity index (χ3n) is 2.42. The maximum atomic E-state index is 12.2. The van der Waals surface area contributed by atoms with Crippen LogP contribution in [0.5, 0.6) is 11.5 Å². The van der Waals surface area contributed by atoms with Gasteiger partial charge in [0.25, 0.3) is 0 Å². The van der Waals surface area contributed by atoms with E-state index in [2.05, 4.69) is 20.7 Å². The van der Waals surface area contributed by atoms with E-state index in [1.165, 1.54) is 20.3 Å². The molecule has 1 rings (SSSR count). The Morgan fingerprint density at radius 2 is 1.85 bits per heavy atom. The minimum Gasteiger partial charge on any atom is -0.493 e. The third kappa shape index (κ3) is 4.20. The second-order valence-electron chi connectivity index (χ2n) is 3.70. The van der Waals surface area contributed by atoms with E-state index in [1.54, 1.807) is 18.2 Å². The summed E-state index contributed by atoms with van der Waals surface area (Å²) in [4.78, 5) is 0.0799. The predicted molar refractivity (Wildman–Crippen MR) is 80.6 cm³/mol. The summed E-state index contributed by atoms with van der Waals surface area (Å²) in [6.45, 7) is 0.530. The molecule has 0 saturated carbocycles. The van der Waals surface area contributed by atoms with Crippen molar-refractivity contribution in [1.29, 1.82) is 0 Å². The molecule has 0 unspecified atom stereocenters. The Morgan fingerprint density at radius 3 is 2.40 bits per heavy atom. The van der Waals surface area contributed by atoms with Crippen molar-refractivity contribution in [3.05, 3.63) is 28.8 Å². The van der Waals surface area contributed by atoms with Gasteiger partial charge in [-0.3, -0.25) is 0 Å². The fraction of sp³-hybridized carbons (Fsp3) is 0.333. The Kier molecular flexibility index (Phi) is 6.47. The third-order valence-corrected chi connectivity index (χ3v) is 4.80. The minimum atomic E-state index is -3.65. The highest BCUT2D eigenvalue weighted by Crippen LogP contribution is 2.35. The summed E-state index contributed by atoms with van der Waals surface area (Å²) in [5.74, 6) is 0.787. The van der Waals surface area contributed by atoms with Crippen LogP contribution in [0.3, 0.4) is 0 Å². The van der Waals surface area contributed by atoms with Crippen LogP contribution in [0.2, 0.25) is 0 Å². The second kappa shape index (κ2) is 7.63. The highest BCUT2D eigenvalue weighted by molar-refractivity contribution is 9.10. The van der Waals surface area contributed by atoms with Crippen molar-refractivity contribution >= 4 is 26.0 Å². The highest BCUT2D eigenvalue weighted by atomic mass is 79.9. The normalized spacial score (nSPS) is 11.8. The van der Waals surface area contributed by atoms with Gasteiger partial charge in [-0.25, -0.2) is 13.1 Å². The van der Waals surface area contributed by atoms with Crippen molar-refractivity contribution in [2.75, 3.05) is 27.3 Å². The Bertz CT molecular complexity index is 587. The topological polar surface area (TPSA) is 90.7 Å². The molecule has 0 bridgehead atoms. The number of benzene rings is 1. The van der Waals surface area contributed by atoms with Crippen LogP contribution in [0, 0.1) is 0 Å². The number of hydrogen-bond acceptors (Lipinski definition) is 5. The second-order valence-corrected chi connectivity index (χ2v) is 6.29. The molecule has 20 heavy (non-hydrogen) atoms. The van der Waals surface area contributed by atoms with Gasteiger partial charge in [0, 0.05) is 23.6 Å². The van der Waals surface area contributed by atoms with E-state index in [1.807, 2.05) is 0 Å². The summed E-state index contributed by atoms with van der Waals surface area (Å²) in [6, 6.07) is 2.95. The summed E-state index contributed by atoms with van der Waals surface area (Å²) in [7, 11) is -0.729. The maximum Gasteiger partial charge on any atom is 0.242 e. The Labute approximate surface area is 127 Å². The maximum absolute atomic E-state index is 12.2. The molecule has 112 valence electrons. The van der Waals surface area contributed by atoms with Crippen molar-refractivity contribution in [2.24, 2.45) is 5.73 Å². The molecule has 0 amide bonds. The van der Waals surface area contributed by atoms with Crippen LogP contribution in [0.25, 0.3) is 0 Å². The van der Waals surface area contributed by atoms with Gasteiger partial charge in [0.15, 0.2) is 11.5 Å². The molecule has 0 spiro atoms. The first-order valence-corrected chi connectivity index (χ1v) is 8.00. The summed E-state index contributed by atoms with van der Waals surface area (Å²) < 4.78 is 37.4. The van der Waals surface area contributed by atoms with Gasteiger partial charge in [-0.15, -0.1) is 0 Å². The lowest BCUT2D eigenvalue weighted by atomic mass is 10.3. The van der Waals surface area contributed by atoms with E-state index in [0.29, 0.717) is 22.5 Å². The summed E-state index contributed by atoms with van der Waals surface area (Å²) >= 11 is 3.22. The van der Waals surface area contributed by atoms with Crippen LogP contribution in [-0.4, -0.2) is 35.7 Å². The average molecular weight is 365 g/mol. The molecule has 0 heterocycles. The zero-order valence-corrected chi connectivity index (χ0v) is 13.6. The molecule has 0 aliphatic rings. The first kappa shape index (κ1) is 17.0. The molecule has 1 aromatic rings. The molecule has 0 aromatic heterocycles. The number of rotatable bonds is 7. The van der Waals surface area contributed by atoms with E-state index in [0.717, 1.165) is 0 Å². The van der Waals surface area contributed by atoms with Gasteiger partial charge in [0.2, 0.25) is 10.0 Å². The smallest absolute Gasteiger partial charge is 0.242 e. The van der Waals surface area contributed by atoms with Gasteiger partial charge in [-0.05, 0) is 22.0 Å². The standard InChI is InChI=1S/C12H17BrN2O4S/c1-18-10-7-9(13)12(8-11(10)19-2)20(16,17)15-6-4-3-5-14/h3-4,7-8,15H,5-6,14H2,1-2H3/b4-3+. The van der Waals surface area contributed by atoms with E-state index in [9.17, 15) is 8.42 Å². The molecule has 0 aliphatic carbocycles. The van der Waals surface area contributed by atoms with Gasteiger partial charge < -0.3 is 15.2 Å². The Balaban J connectivity index is 3.08. The first-order chi connectivity index (χ1) is 9.46. The molecule has 6 nitrogen and oxygen atoms in total. The number of sulfonamides is 1. The molecule has 0 saturated heterocycles. The lowest BCUT2D eigenvalue weighted by molar-refractivity contribution is 0.353. The minimum absolute atomic E-state index is 0.0799. The average Bonchev–Trinajstić information content (AvgIpc) is 2.43. The number of nitrogens with two attached hydrogens (primary N) is 1. The van der Waals surface area contributed by atoms with Crippen LogP contribution in [0.15, 0.2) is 33.7 Å². The summed E-state index contributed by atoms with van der Waals surface area (Å²) in [5, 5.41) is 0. The predicted octanol–water partition coefficient (Wildman–Crippen LogP) is 1.26. The van der Waals surface area contributed by atoms with Gasteiger partial charge in [0.1, 0.15) is 4.90 Å². The lowest BCUT2D eigenvalue weighted by Gasteiger charge is -2.12. The van der Waals surface area contributed by atoms with Crippen LogP contribution in [-0.2, 0) is 10.0 Å². The molecule has 0 fully saturated rings. The van der Waals surface area contributed by atoms with E-state index < -0.39 is 10.0 Å². The van der Waals surface area contributed by atoms with Gasteiger partial charge in [0.05, 0.1) is 14.2 Å². The Hall–Kier alpha value is -1.09. The SMILES string of the molecule is COc1cc(Br)c(S(=O)(=O)NC/C=C/CN)cc1OC. The molecule has 1 aromatic carbocycles. The van der Waals surface area contributed by atoms with Gasteiger partial charge in [-0.2, -0.15) is 0 Å². The van der Waals surface area contributed by atoms with E-state index >= 15 is 0 Å². The number of nitrogens with one attached hydrogen (secondary N) is 1. The van der Waals surface area contributed by atoms with E-state index in [-0.39, 0.29) is 11.4 Å². The number of hydrogen-bond donors (Lipinski definition) is 2. The lowest BCUT2D eigenvalue weighted by Crippen LogP contribution is -2.24. The van der Waals surface area contributed by atoms with Crippen molar-refractivity contribution in [2.45, 2.75) is 4.90 Å². The first-order valence-electron chi connectivity index (χ1n) is 5.72. The van der Waals surface area contributed by atoms with Gasteiger partial charge >= 0.3 is 0 Å². The number of halogens is 1. The largest absolute Gasteiger partial charge is 0.493 e. The summed E-state index contributed by atoms with van der Waals surface area (Å²) in [6.07, 6.45) is 3.32. The van der Waals surface area contributed by atoms with Crippen LogP contribution in [0.4, 0.5) is 0 Å². The fourth-order valence-corrected chi connectivity index (χ4v) is 3.47. The number of methoxy groups -OCH3 is 2. The zero-order chi connectivity index (χ0) is 15.2. The molecule has 0 radical (unpaired) electrons. The fourth-order valence-electron chi connectivity index (χ4n) is 1.46. The van der Waals surface area contributed by atoms with Crippen molar-refractivity contribution in [3.63, 3.8) is 0 Å². The highest BCUT2D eigenvalue weighted by Gasteiger charge is 2.20. The van der Waals surface area contributed by atoms with Crippen LogP contribution >= 0.6 is 15.9 Å². The molecular formula is C12H17BrN2O4S. The molecule has 8 heteroatoms. The quantitative estimate of drug-likeness (QED) is 0.710. The van der Waals surface area contributed by atoms with Crippen molar-refractivity contribution in [3.8, 4) is 11.5 Å².